The Hall–Kier alpha value is -13.0. The molecule has 1 aromatic carbocycles. The van der Waals surface area contributed by atoms with Crippen LogP contribution in [-0.2, 0) is 121 Å². The maximum atomic E-state index is 14.6. The number of carboxylic acids is 5. The monoisotopic (exact) mass is 2110 g/mol. The zero-order chi connectivity index (χ0) is 111. The van der Waals surface area contributed by atoms with Crippen molar-refractivity contribution in [3.8, 4) is 0 Å². The van der Waals surface area contributed by atoms with Gasteiger partial charge in [-0.1, -0.05) is 133 Å². The predicted molar refractivity (Wildman–Crippen MR) is 523 cm³/mol. The number of thiol groups is 1. The number of aliphatic hydroxyl groups excluding tert-OH is 4. The largest absolute Gasteiger partial charge is 0.481 e. The smallest absolute Gasteiger partial charge is 0.326 e. The molecule has 53 nitrogen and oxygen atoms in total. The summed E-state index contributed by atoms with van der Waals surface area (Å²) >= 11 is 5.60. The average molecular weight is 2110 g/mol. The Balaban J connectivity index is 2.45. The highest BCUT2D eigenvalue weighted by Crippen LogP contribution is 2.22. The van der Waals surface area contributed by atoms with Crippen LogP contribution in [0.5, 0.6) is 0 Å². The van der Waals surface area contributed by atoms with Gasteiger partial charge < -0.3 is 153 Å². The fourth-order valence-electron chi connectivity index (χ4n) is 14.7. The Morgan fingerprint density at radius 3 is 1.14 bits per heavy atom. The van der Waals surface area contributed by atoms with Crippen molar-refractivity contribution >= 4 is 166 Å². The summed E-state index contributed by atoms with van der Waals surface area (Å²) < 4.78 is 0. The van der Waals surface area contributed by atoms with Gasteiger partial charge in [0.05, 0.1) is 51.6 Å². The van der Waals surface area contributed by atoms with Crippen molar-refractivity contribution in [2.75, 3.05) is 44.1 Å². The second-order valence-electron chi connectivity index (χ2n) is 36.8. The molecule has 0 spiro atoms. The molecule has 1 aliphatic rings. The lowest BCUT2D eigenvalue weighted by Gasteiger charge is -2.31. The van der Waals surface area contributed by atoms with E-state index in [-0.39, 0.29) is 76.0 Å². The van der Waals surface area contributed by atoms with Gasteiger partial charge in [-0.2, -0.15) is 24.4 Å². The van der Waals surface area contributed by atoms with Gasteiger partial charge in [0.2, 0.25) is 112 Å². The summed E-state index contributed by atoms with van der Waals surface area (Å²) in [4.78, 5) is 327. The SMILES string of the molecule is CC[C@H](C)[C@H](NC(=O)[C@H](CC(N)=O)NC(=O)[C@H](CCC(=O)O)NC(=O)[C@H](CC(C)C)NC(=O)[C@H](CO)NC(=O)[C@H](CC(=O)O)NC(=O)[C@@H]1CCCN1C(=O)[C@H](CO)NC(=O)[C@H](CC(=O)O)NC(=O)[C@@H](NC(=O)[C@H](CO)NC(=O)[C@H](Cc1ccccc1)NC(=O)[C@H](CS)NC(=O)[C@H](CCSC)NC(=O)[C@H](CC(C)C)NC(=O)[C@@H](NC(=O)[C@@H](NC(=O)[C@H](CC(=O)O)NC(=O)[C@@H](N)[C@@H](C)O)C(C)C)[C@@H](C)CC)[C@@H](C)CC)C(=O)O. The van der Waals surface area contributed by atoms with Crippen LogP contribution in [0.25, 0.3) is 0 Å². The first kappa shape index (κ1) is 129. The Morgan fingerprint density at radius 2 is 0.719 bits per heavy atom. The van der Waals surface area contributed by atoms with Crippen molar-refractivity contribution in [3.05, 3.63) is 35.9 Å². The minimum Gasteiger partial charge on any atom is -0.481 e. The molecule has 1 fully saturated rings. The summed E-state index contributed by atoms with van der Waals surface area (Å²) in [5, 5.41) is 130. The minimum absolute atomic E-state index is 0.00889. The molecular formula is C91H146N20O33S2. The van der Waals surface area contributed by atoms with Crippen LogP contribution in [0.1, 0.15) is 185 Å². The number of aliphatic carboxylic acids is 5. The quantitative estimate of drug-likeness (QED) is 0.0269. The van der Waals surface area contributed by atoms with Crippen LogP contribution in [0, 0.1) is 35.5 Å². The van der Waals surface area contributed by atoms with Crippen molar-refractivity contribution in [2.45, 2.75) is 307 Å². The first-order chi connectivity index (χ1) is 68.4. The lowest BCUT2D eigenvalue weighted by Crippen LogP contribution is -2.63. The van der Waals surface area contributed by atoms with Crippen molar-refractivity contribution in [1.29, 1.82) is 0 Å². The minimum atomic E-state index is -2.17. The number of primary amides is 1. The standard InChI is InChI=1S/C91H146N20O33S2/c1-15-44(10)70(108-83(135)59(38-113)104-77(129)53(32-48-22-19-18-20-23-48)97-84(136)61(40-145)106-74(126)50(27-29-146-14)95-76(128)52(31-42(6)7)101-89(141)71(45(11)16-2)109-87(139)69(43(8)9)107-81(133)57(36-67(123)124)100-86(138)68(93)47(13)115)88(140)102-56(35-66(121)122)79(131)105-60(39-114)90(142)111-28-21-24-62(111)85(137)99-55(34-65(119)120)78(130)103-58(37-112)82(134)96-51(30-41(4)5)75(127)94-49(25-26-64(117)118)73(125)98-54(33-63(92)116)80(132)110-72(91(143)144)46(12)17-3/h18-20,22-23,41-47,49-62,68-72,112-115,145H,15-17,21,24-40,93H2,1-14H3,(H2,92,116)(H,94,127)(H,95,128)(H,96,134)(H,97,136)(H,98,125)(H,99,137)(H,100,138)(H,101,141)(H,102,140)(H,103,130)(H,104,129)(H,105,131)(H,106,126)(H,107,133)(H,108,135)(H,109,139)(H,110,132)(H,117,118)(H,119,120)(H,121,122)(H,123,124)(H,143,144)/t44-,45-,46-,47+,49-,50-,51-,52-,53-,54-,55-,56-,57-,58-,59-,60-,61-,62-,68-,69-,70-,71-,72-/m0/s1. The number of carbonyl (C=O) groups excluding carboxylic acids is 19. The Labute approximate surface area is 853 Å². The summed E-state index contributed by atoms with van der Waals surface area (Å²) in [7, 11) is 0. The highest BCUT2D eigenvalue weighted by Gasteiger charge is 2.45. The molecule has 23 atom stereocenters. The van der Waals surface area contributed by atoms with Gasteiger partial charge in [0.1, 0.15) is 115 Å². The van der Waals surface area contributed by atoms with Gasteiger partial charge in [-0.25, -0.2) is 4.79 Å². The van der Waals surface area contributed by atoms with E-state index in [1.807, 2.05) is 0 Å². The van der Waals surface area contributed by atoms with E-state index in [1.54, 1.807) is 92.0 Å². The van der Waals surface area contributed by atoms with Crippen molar-refractivity contribution in [1.82, 2.24) is 95.3 Å². The third-order valence-corrected chi connectivity index (χ3v) is 24.7. The zero-order valence-corrected chi connectivity index (χ0v) is 85.7. The second kappa shape index (κ2) is 64.8. The van der Waals surface area contributed by atoms with Gasteiger partial charge in [0, 0.05) is 25.1 Å². The van der Waals surface area contributed by atoms with E-state index in [0.29, 0.717) is 5.56 Å². The maximum absolute atomic E-state index is 14.6. The van der Waals surface area contributed by atoms with Gasteiger partial charge in [-0.15, -0.1) is 0 Å². The topological polar surface area (TPSA) is 852 Å². The molecule has 1 aromatic rings. The van der Waals surface area contributed by atoms with Crippen LogP contribution in [0.15, 0.2) is 30.3 Å². The molecule has 1 aliphatic heterocycles. The van der Waals surface area contributed by atoms with Crippen LogP contribution >= 0.6 is 24.4 Å². The van der Waals surface area contributed by atoms with Crippen LogP contribution in [0.4, 0.5) is 0 Å². The number of likely N-dealkylation sites (tertiary alicyclic amines) is 1. The fraction of sp³-hybridized carbons (Fsp3) is 0.670. The van der Waals surface area contributed by atoms with Gasteiger partial charge in [-0.3, -0.25) is 110 Å². The highest BCUT2D eigenvalue weighted by atomic mass is 32.2. The molecule has 30 N–H and O–H groups in total. The molecule has 820 valence electrons. The zero-order valence-electron chi connectivity index (χ0n) is 84.0. The van der Waals surface area contributed by atoms with Gasteiger partial charge in [0.15, 0.2) is 0 Å². The number of nitrogens with one attached hydrogen (secondary N) is 17. The first-order valence-corrected chi connectivity index (χ1v) is 49.7. The molecule has 0 radical (unpaired) electrons. The molecular weight excluding hydrogens is 1970 g/mol. The lowest BCUT2D eigenvalue weighted by molar-refractivity contribution is -0.145. The van der Waals surface area contributed by atoms with Crippen LogP contribution < -0.4 is 102 Å². The van der Waals surface area contributed by atoms with E-state index in [0.717, 1.165) is 4.90 Å². The lowest BCUT2D eigenvalue weighted by atomic mass is 9.95. The number of benzene rings is 1. The summed E-state index contributed by atoms with van der Waals surface area (Å²) in [5.41, 5.74) is 11.5. The third kappa shape index (κ3) is 44.1. The number of carboxylic acid groups (broad SMARTS) is 5. The number of hydrogen-bond acceptors (Lipinski definition) is 31. The number of nitrogens with zero attached hydrogens (tertiary/aromatic N) is 1. The number of hydrogen-bond donors (Lipinski definition) is 29. The fourth-order valence-corrected chi connectivity index (χ4v) is 15.4. The van der Waals surface area contributed by atoms with E-state index in [4.69, 9.17) is 11.5 Å². The van der Waals surface area contributed by atoms with E-state index < -0.39 is 357 Å². The molecule has 0 aliphatic carbocycles. The number of rotatable bonds is 68. The van der Waals surface area contributed by atoms with Crippen LogP contribution in [0.3, 0.4) is 0 Å². The van der Waals surface area contributed by atoms with Gasteiger partial charge >= 0.3 is 29.8 Å². The molecule has 0 bridgehead atoms. The summed E-state index contributed by atoms with van der Waals surface area (Å²) in [6, 6.07) is -25.2. The normalized spacial score (nSPS) is 16.8. The molecule has 0 saturated carbocycles. The number of amides is 19. The second-order valence-corrected chi connectivity index (χ2v) is 38.1. The molecule has 146 heavy (non-hydrogen) atoms. The number of nitrogens with two attached hydrogens (primary N) is 2. The molecule has 2 rings (SSSR count). The van der Waals surface area contributed by atoms with E-state index in [2.05, 4.69) is 103 Å². The van der Waals surface area contributed by atoms with E-state index in [9.17, 15) is 161 Å². The van der Waals surface area contributed by atoms with Gasteiger partial charge in [-0.05, 0) is 98.5 Å². The molecule has 19 amide bonds. The Morgan fingerprint density at radius 1 is 0.390 bits per heavy atom. The summed E-state index contributed by atoms with van der Waals surface area (Å²) in [5.74, 6) is -34.1. The third-order valence-electron chi connectivity index (χ3n) is 23.7. The number of thioether (sulfide) groups is 1. The van der Waals surface area contributed by atoms with Gasteiger partial charge in [0.25, 0.3) is 0 Å². The number of aliphatic hydroxyl groups is 4. The Bertz CT molecular complexity index is 4680. The highest BCUT2D eigenvalue weighted by molar-refractivity contribution is 7.98. The molecule has 1 saturated heterocycles. The maximum Gasteiger partial charge on any atom is 0.326 e. The molecule has 0 aromatic heterocycles. The van der Waals surface area contributed by atoms with Crippen LogP contribution in [0.2, 0.25) is 0 Å². The van der Waals surface area contributed by atoms with Crippen molar-refractivity contribution in [2.24, 2.45) is 47.0 Å². The van der Waals surface area contributed by atoms with E-state index >= 15 is 0 Å². The Kier molecular flexibility index (Phi) is 57.3. The first-order valence-electron chi connectivity index (χ1n) is 47.6. The molecule has 55 heteroatoms. The van der Waals surface area contributed by atoms with Crippen molar-refractivity contribution in [3.63, 3.8) is 0 Å². The summed E-state index contributed by atoms with van der Waals surface area (Å²) in [6.07, 6.45) is -6.01. The predicted octanol–water partition coefficient (Wildman–Crippen LogP) is -8.03. The number of carbonyl (C=O) groups is 24. The molecule has 1 heterocycles. The van der Waals surface area contributed by atoms with Crippen molar-refractivity contribution < 1.29 is 161 Å². The van der Waals surface area contributed by atoms with E-state index in [1.165, 1.54) is 46.4 Å². The summed E-state index contributed by atoms with van der Waals surface area (Å²) in [6.45, 7) is 16.1. The average Bonchev–Trinajstić information content (AvgIpc) is 1.71. The van der Waals surface area contributed by atoms with Crippen LogP contribution in [-0.4, -0.2) is 358 Å². The molecule has 0 unspecified atom stereocenters.